The number of nitro groups is 1. The van der Waals surface area contributed by atoms with Crippen LogP contribution in [0.5, 0.6) is 0 Å². The van der Waals surface area contributed by atoms with Crippen LogP contribution < -0.4 is 88.6 Å². The van der Waals surface area contributed by atoms with Crippen LogP contribution in [0.15, 0.2) is 97.4 Å². The van der Waals surface area contributed by atoms with Crippen LogP contribution in [0.1, 0.15) is 17.2 Å². The van der Waals surface area contributed by atoms with Crippen LogP contribution in [0.3, 0.4) is 0 Å². The number of anilines is 2. The second-order valence-electron chi connectivity index (χ2n) is 14.2. The number of carbonyl (C=O) groups is 6. The number of guanidine groups is 4. The number of nitrogens with two attached hydrogens (primary N) is 9. The molecule has 0 saturated heterocycles. The minimum atomic E-state index is -2.24. The first-order valence-corrected chi connectivity index (χ1v) is 20.0. The van der Waals surface area contributed by atoms with E-state index >= 15 is 0 Å². The van der Waals surface area contributed by atoms with E-state index in [-0.39, 0.29) is 28.8 Å². The molecule has 26 N–H and O–H groups in total. The minimum absolute atomic E-state index is 0.0500. The zero-order valence-corrected chi connectivity index (χ0v) is 36.9. The topological polar surface area (TPSA) is 593 Å². The number of carbonyl (C=O) groups excluding carboxylic acids is 6. The molecule has 6 amide bonds. The van der Waals surface area contributed by atoms with Crippen molar-refractivity contribution < 1.29 is 53.7 Å². The predicted molar refractivity (Wildman–Crippen MR) is 252 cm³/mol. The Bertz CT molecular complexity index is 2770. The summed E-state index contributed by atoms with van der Waals surface area (Å²) in [5.74, 6) is -11.0. The van der Waals surface area contributed by atoms with Gasteiger partial charge in [-0.2, -0.15) is 0 Å². The van der Waals surface area contributed by atoms with Crippen molar-refractivity contribution in [1.29, 1.82) is 0 Å². The molecule has 0 fully saturated rings. The predicted octanol–water partition coefficient (Wildman–Crippen LogP) is -7.01. The molecular formula is C37H47N23O12. The van der Waals surface area contributed by atoms with Crippen molar-refractivity contribution in [1.82, 2.24) is 36.9 Å². The Morgan fingerprint density at radius 1 is 0.667 bits per heavy atom. The number of aliphatic imine (C=N–C) groups is 4. The lowest BCUT2D eigenvalue weighted by atomic mass is 10.1. The van der Waals surface area contributed by atoms with E-state index in [1.54, 1.807) is 36.4 Å². The van der Waals surface area contributed by atoms with E-state index in [4.69, 9.17) is 61.5 Å². The molecule has 6 atom stereocenters. The fraction of sp³-hybridized carbons (Fsp3) is 0.189. The quantitative estimate of drug-likeness (QED) is 0.00774. The summed E-state index contributed by atoms with van der Waals surface area (Å²) in [5, 5.41) is 50.2. The van der Waals surface area contributed by atoms with E-state index in [1.165, 1.54) is 36.4 Å². The van der Waals surface area contributed by atoms with E-state index in [0.717, 1.165) is 11.0 Å². The third-order valence-electron chi connectivity index (χ3n) is 9.02. The maximum Gasteiger partial charge on any atom is 0.300 e. The molecule has 72 heavy (non-hydrogen) atoms. The third-order valence-corrected chi connectivity index (χ3v) is 9.02. The summed E-state index contributed by atoms with van der Waals surface area (Å²) in [7, 11) is 0. The third kappa shape index (κ3) is 15.3. The Morgan fingerprint density at radius 2 is 1.15 bits per heavy atom. The van der Waals surface area contributed by atoms with Gasteiger partial charge in [0.05, 0.1) is 16.3 Å². The summed E-state index contributed by atoms with van der Waals surface area (Å²) >= 11 is 0. The van der Waals surface area contributed by atoms with E-state index in [9.17, 15) is 44.0 Å². The van der Waals surface area contributed by atoms with Crippen molar-refractivity contribution in [3.8, 4) is 0 Å². The van der Waals surface area contributed by atoms with Gasteiger partial charge in [-0.1, -0.05) is 54.6 Å². The highest BCUT2D eigenvalue weighted by atomic mass is 17.2. The number of rotatable bonds is 24. The lowest BCUT2D eigenvalue weighted by Crippen LogP contribution is -2.58. The van der Waals surface area contributed by atoms with Crippen LogP contribution in [0.4, 0.5) is 17.1 Å². The normalized spacial score (nSPS) is 13.2. The first-order valence-electron chi connectivity index (χ1n) is 20.0. The van der Waals surface area contributed by atoms with Crippen LogP contribution >= 0.6 is 0 Å². The van der Waals surface area contributed by atoms with Crippen LogP contribution in [0, 0.1) is 10.1 Å². The number of fused-ring (bicyclic) bond motifs is 1. The average molecular weight is 1010 g/mol. The Labute approximate surface area is 403 Å². The van der Waals surface area contributed by atoms with Crippen molar-refractivity contribution in [3.63, 3.8) is 0 Å². The second-order valence-corrected chi connectivity index (χ2v) is 14.2. The van der Waals surface area contributed by atoms with Gasteiger partial charge in [0.1, 0.15) is 6.04 Å². The average Bonchev–Trinajstić information content (AvgIpc) is 3.81. The number of nitrogens with zero attached hydrogens (tertiary/aromatic N) is 8. The molecule has 35 heteroatoms. The van der Waals surface area contributed by atoms with Crippen LogP contribution in [0.2, 0.25) is 0 Å². The number of aliphatic hydroxyl groups excluding tert-OH is 1. The van der Waals surface area contributed by atoms with Gasteiger partial charge in [-0.3, -0.25) is 38.9 Å². The van der Waals surface area contributed by atoms with Crippen LogP contribution in [0.25, 0.3) is 17.1 Å². The zero-order valence-electron chi connectivity index (χ0n) is 36.9. The summed E-state index contributed by atoms with van der Waals surface area (Å²) in [5.41, 5.74) is 50.8. The fourth-order valence-electron chi connectivity index (χ4n) is 5.96. The molecule has 6 unspecified atom stereocenters. The van der Waals surface area contributed by atoms with Gasteiger partial charge in [-0.25, -0.2) is 35.3 Å². The van der Waals surface area contributed by atoms with Crippen molar-refractivity contribution in [2.24, 2.45) is 71.6 Å². The minimum Gasteiger partial charge on any atom is -0.370 e. The van der Waals surface area contributed by atoms with Gasteiger partial charge in [-0.15, -0.1) is 4.99 Å². The summed E-state index contributed by atoms with van der Waals surface area (Å²) in [6, 6.07) is 14.0. The van der Waals surface area contributed by atoms with E-state index in [0.29, 0.717) is 11.3 Å². The molecular weight excluding hydrogens is 959 g/mol. The molecule has 0 saturated carbocycles. The van der Waals surface area contributed by atoms with Gasteiger partial charge in [-0.05, 0) is 39.6 Å². The number of hydrogen-bond donors (Lipinski definition) is 17. The second kappa shape index (κ2) is 25.1. The van der Waals surface area contributed by atoms with E-state index in [2.05, 4.69) is 56.7 Å². The number of aliphatic hydroxyl groups is 1. The summed E-state index contributed by atoms with van der Waals surface area (Å²) in [6.07, 6.45) is -7.56. The molecule has 0 aliphatic rings. The van der Waals surface area contributed by atoms with Crippen LogP contribution in [-0.2, 0) is 33.8 Å². The Kier molecular flexibility index (Phi) is 18.9. The summed E-state index contributed by atoms with van der Waals surface area (Å²) in [4.78, 5) is 111. The number of non-ortho nitro benzene ring substituents is 1. The van der Waals surface area contributed by atoms with Gasteiger partial charge in [0.15, 0.2) is 29.4 Å². The van der Waals surface area contributed by atoms with Crippen molar-refractivity contribution in [3.05, 3.63) is 94.0 Å². The highest BCUT2D eigenvalue weighted by Gasteiger charge is 2.35. The van der Waals surface area contributed by atoms with Gasteiger partial charge in [0.2, 0.25) is 42.3 Å². The lowest BCUT2D eigenvalue weighted by molar-refractivity contribution is -0.383. The molecule has 1 heterocycles. The number of nitro benzene ring substituents is 1. The van der Waals surface area contributed by atoms with Crippen molar-refractivity contribution in [2.45, 2.75) is 36.9 Å². The monoisotopic (exact) mass is 1010 g/mol. The van der Waals surface area contributed by atoms with E-state index in [1.807, 2.05) is 10.6 Å². The Hall–Kier alpha value is -10.4. The molecule has 3 aromatic carbocycles. The van der Waals surface area contributed by atoms with Crippen molar-refractivity contribution >= 4 is 93.5 Å². The van der Waals surface area contributed by atoms with E-state index < -0.39 is 107 Å². The smallest absolute Gasteiger partial charge is 0.300 e. The molecule has 4 rings (SSSR count). The molecule has 0 bridgehead atoms. The molecule has 0 aliphatic heterocycles. The summed E-state index contributed by atoms with van der Waals surface area (Å²) in [6.45, 7) is -0.323. The number of aromatic nitrogens is 2. The Balaban J connectivity index is 1.66. The number of nitrogens with one attached hydrogen (secondary N) is 6. The first kappa shape index (κ1) is 54.2. The number of primary amides is 1. The number of benzene rings is 3. The lowest BCUT2D eigenvalue weighted by Gasteiger charge is -2.30. The molecule has 0 aliphatic carbocycles. The standard InChI is InChI=1S/C37H47N23O12/c38-23(61)24(52-34(39)40)48-29(63)26(54-36(43)44)50-31(65)27(55-37(45)46)51-30(64)25(53-35(41)42)49-28(62)20(16-6-2-1-3-7-16)47-32(66)33(67)59(14-4-5-15-8-10-17(11-9-15)56-72-70)18-12-13-19(60(68)69)22-21(18)57-71-58-22/h1-13,20,24-27,33,56,67,70H,14H2,(H2,38,61)(H,47,66)(H,48,63)(H,49,62)(H,50,65)(H,51,64)(H4,39,40,52)(H4,41,42,53)(H4,43,44,54)(H4,45,46,55)/b5-4-. The number of amides is 6. The molecule has 35 nitrogen and oxygen atoms in total. The highest BCUT2D eigenvalue weighted by molar-refractivity contribution is 6.00. The summed E-state index contributed by atoms with van der Waals surface area (Å²) < 4.78 is 4.78. The molecule has 1 aromatic heterocycles. The maximum atomic E-state index is 14.2. The SMILES string of the molecule is NC(=O)C(N=C(N)N)NC(=O)C(N=C(N)N)NC(=O)C(N=C(N)N)NC(=O)C(N=C(N)N)NC(=O)C(NC(=O)C(O)N(C/C=C\c1ccc(NOO)cc1)c1ccc([N+](=O)[O-])c2nonc12)c1ccccc1. The largest absolute Gasteiger partial charge is 0.370 e. The first-order chi connectivity index (χ1) is 34.1. The molecule has 0 spiro atoms. The van der Waals surface area contributed by atoms with Crippen molar-refractivity contribution in [2.75, 3.05) is 16.9 Å². The van der Waals surface area contributed by atoms with Gasteiger partial charge in [0, 0.05) is 12.6 Å². The van der Waals surface area contributed by atoms with Gasteiger partial charge >= 0.3 is 5.69 Å². The van der Waals surface area contributed by atoms with Crippen LogP contribution in [-0.4, -0.2) is 122 Å². The Morgan fingerprint density at radius 3 is 1.64 bits per heavy atom. The number of hydrogen-bond acceptors (Lipinski definition) is 20. The fourth-order valence-corrected chi connectivity index (χ4v) is 5.96. The molecule has 382 valence electrons. The molecule has 0 radical (unpaired) electrons. The van der Waals surface area contributed by atoms with Gasteiger partial charge in [0.25, 0.3) is 29.5 Å². The highest BCUT2D eigenvalue weighted by Crippen LogP contribution is 2.32. The maximum absolute atomic E-state index is 14.2. The van der Waals surface area contributed by atoms with Gasteiger partial charge < -0.3 is 88.2 Å². The zero-order chi connectivity index (χ0) is 53.2. The molecule has 4 aromatic rings.